The molecule has 0 spiro atoms. The Morgan fingerprint density at radius 1 is 1.19 bits per heavy atom. The lowest BCUT2D eigenvalue weighted by atomic mass is 9.98. The van der Waals surface area contributed by atoms with E-state index in [1.807, 2.05) is 6.92 Å². The summed E-state index contributed by atoms with van der Waals surface area (Å²) in [6, 6.07) is 0.328. The molecule has 11 heteroatoms. The highest BCUT2D eigenvalue weighted by molar-refractivity contribution is 5.04. The van der Waals surface area contributed by atoms with Gasteiger partial charge in [0, 0.05) is 31.7 Å². The lowest BCUT2D eigenvalue weighted by Crippen LogP contribution is -2.71. The largest absolute Gasteiger partial charge is 0.451 e. The van der Waals surface area contributed by atoms with Gasteiger partial charge in [0.05, 0.1) is 31.6 Å². The summed E-state index contributed by atoms with van der Waals surface area (Å²) in [5.41, 5.74) is 0. The smallest absolute Gasteiger partial charge is 0.380 e. The molecule has 0 aliphatic carbocycles. The summed E-state index contributed by atoms with van der Waals surface area (Å²) in [5.74, 6) is -0.335. The summed E-state index contributed by atoms with van der Waals surface area (Å²) in [6.45, 7) is 6.78. The predicted octanol–water partition coefficient (Wildman–Crippen LogP) is 0.318. The monoisotopic (exact) mass is 389 g/mol. The van der Waals surface area contributed by atoms with Crippen molar-refractivity contribution in [3.63, 3.8) is 0 Å². The summed E-state index contributed by atoms with van der Waals surface area (Å²) >= 11 is 0. The summed E-state index contributed by atoms with van der Waals surface area (Å²) < 4.78 is 45.8. The van der Waals surface area contributed by atoms with Crippen LogP contribution in [0.2, 0.25) is 0 Å². The summed E-state index contributed by atoms with van der Waals surface area (Å²) in [7, 11) is 0. The average Bonchev–Trinajstić information content (AvgIpc) is 3.26. The van der Waals surface area contributed by atoms with Crippen LogP contribution < -0.4 is 16.0 Å². The zero-order valence-electron chi connectivity index (χ0n) is 15.5. The molecule has 152 valence electrons. The lowest BCUT2D eigenvalue weighted by molar-refractivity contribution is -0.148. The Kier molecular flexibility index (Phi) is 5.14. The third-order valence-corrected chi connectivity index (χ3v) is 5.65. The van der Waals surface area contributed by atoms with Crippen molar-refractivity contribution in [2.24, 2.45) is 5.92 Å². The van der Waals surface area contributed by atoms with Crippen molar-refractivity contribution in [2.75, 3.05) is 19.8 Å². The quantitative estimate of drug-likeness (QED) is 0.687. The first kappa shape index (κ1) is 19.1. The van der Waals surface area contributed by atoms with E-state index in [0.29, 0.717) is 31.6 Å². The molecule has 4 unspecified atom stereocenters. The van der Waals surface area contributed by atoms with E-state index >= 15 is 0 Å². The third kappa shape index (κ3) is 3.83. The first-order valence-corrected chi connectivity index (χ1v) is 9.42. The summed E-state index contributed by atoms with van der Waals surface area (Å²) in [4.78, 5) is 2.16. The number of ether oxygens (including phenoxy) is 1. The average molecular weight is 389 g/mol. The number of halogens is 3. The topological polar surface area (TPSA) is 79.3 Å². The molecule has 0 aromatic carbocycles. The van der Waals surface area contributed by atoms with Gasteiger partial charge in [-0.15, -0.1) is 10.2 Å². The zero-order chi connectivity index (χ0) is 19.2. The second kappa shape index (κ2) is 7.28. The van der Waals surface area contributed by atoms with Crippen molar-refractivity contribution < 1.29 is 17.9 Å². The maximum absolute atomic E-state index is 13.0. The molecule has 1 aromatic heterocycles. The van der Waals surface area contributed by atoms with E-state index in [1.165, 1.54) is 4.57 Å². The highest BCUT2D eigenvalue weighted by Gasteiger charge is 2.42. The van der Waals surface area contributed by atoms with Gasteiger partial charge in [0.15, 0.2) is 0 Å². The molecule has 3 aliphatic heterocycles. The molecule has 2 saturated heterocycles. The van der Waals surface area contributed by atoms with E-state index < -0.39 is 12.0 Å². The van der Waals surface area contributed by atoms with Gasteiger partial charge in [-0.2, -0.15) is 13.2 Å². The normalized spacial score (nSPS) is 35.4. The molecule has 5 atom stereocenters. The summed E-state index contributed by atoms with van der Waals surface area (Å²) in [6.07, 6.45) is -3.27. The number of nitrogens with zero attached hydrogens (tertiary/aromatic N) is 4. The standard InChI is InChI=1S/C16H26F3N7O/c1-9-13(22-11-3-6-27-8-11)20-10(2)21-14(9)25-4-5-26-12(7-25)23-24-15(26)16(17,18)19/h9-11,13-14,20-22H,3-8H2,1-2H3/t9?,10?,11-,13?,14?/m1/s1. The molecule has 4 heterocycles. The Bertz CT molecular complexity index is 661. The van der Waals surface area contributed by atoms with Crippen LogP contribution in [-0.2, 0) is 24.0 Å². The van der Waals surface area contributed by atoms with Gasteiger partial charge in [-0.3, -0.25) is 20.9 Å². The number of rotatable bonds is 3. The van der Waals surface area contributed by atoms with E-state index in [2.05, 4.69) is 38.0 Å². The van der Waals surface area contributed by atoms with Crippen LogP contribution in [0, 0.1) is 5.92 Å². The third-order valence-electron chi connectivity index (χ3n) is 5.65. The molecule has 0 bridgehead atoms. The molecule has 3 aliphatic rings. The number of aromatic nitrogens is 3. The van der Waals surface area contributed by atoms with Crippen LogP contribution in [0.4, 0.5) is 13.2 Å². The summed E-state index contributed by atoms with van der Waals surface area (Å²) in [5, 5.41) is 17.8. The van der Waals surface area contributed by atoms with Gasteiger partial charge in [0.1, 0.15) is 5.82 Å². The van der Waals surface area contributed by atoms with Gasteiger partial charge in [-0.05, 0) is 13.3 Å². The van der Waals surface area contributed by atoms with Crippen LogP contribution in [-0.4, -0.2) is 64.0 Å². The van der Waals surface area contributed by atoms with Gasteiger partial charge >= 0.3 is 6.18 Å². The van der Waals surface area contributed by atoms with Crippen molar-refractivity contribution in [3.8, 4) is 0 Å². The minimum absolute atomic E-state index is 0.0286. The molecule has 8 nitrogen and oxygen atoms in total. The fourth-order valence-corrected chi connectivity index (χ4v) is 4.24. The number of fused-ring (bicyclic) bond motifs is 1. The highest BCUT2D eigenvalue weighted by Crippen LogP contribution is 2.30. The molecule has 27 heavy (non-hydrogen) atoms. The van der Waals surface area contributed by atoms with E-state index in [1.54, 1.807) is 0 Å². The Hall–Kier alpha value is -1.27. The molecule has 1 aromatic rings. The Balaban J connectivity index is 1.46. The van der Waals surface area contributed by atoms with Gasteiger partial charge in [0.2, 0.25) is 5.82 Å². The van der Waals surface area contributed by atoms with Crippen molar-refractivity contribution in [1.29, 1.82) is 0 Å². The van der Waals surface area contributed by atoms with E-state index in [0.717, 1.165) is 13.0 Å². The van der Waals surface area contributed by atoms with E-state index in [9.17, 15) is 13.2 Å². The molecular weight excluding hydrogens is 363 g/mol. The number of nitrogens with one attached hydrogen (secondary N) is 3. The van der Waals surface area contributed by atoms with Crippen LogP contribution in [0.15, 0.2) is 0 Å². The second-order valence-electron chi connectivity index (χ2n) is 7.62. The van der Waals surface area contributed by atoms with Crippen LogP contribution in [0.1, 0.15) is 31.9 Å². The zero-order valence-corrected chi connectivity index (χ0v) is 15.5. The fourth-order valence-electron chi connectivity index (χ4n) is 4.24. The number of hydrogen-bond acceptors (Lipinski definition) is 7. The Labute approximate surface area is 155 Å². The lowest BCUT2D eigenvalue weighted by Gasteiger charge is -2.47. The van der Waals surface area contributed by atoms with Crippen molar-refractivity contribution >= 4 is 0 Å². The van der Waals surface area contributed by atoms with E-state index in [-0.39, 0.29) is 31.0 Å². The number of hydrogen-bond donors (Lipinski definition) is 3. The first-order chi connectivity index (χ1) is 12.8. The van der Waals surface area contributed by atoms with Gasteiger partial charge in [-0.1, -0.05) is 6.92 Å². The molecule has 2 fully saturated rings. The van der Waals surface area contributed by atoms with Crippen molar-refractivity contribution in [2.45, 2.75) is 64.1 Å². The molecule has 0 saturated carbocycles. The van der Waals surface area contributed by atoms with Crippen LogP contribution in [0.25, 0.3) is 0 Å². The first-order valence-electron chi connectivity index (χ1n) is 9.42. The Morgan fingerprint density at radius 3 is 2.70 bits per heavy atom. The predicted molar refractivity (Wildman–Crippen MR) is 90.3 cm³/mol. The highest BCUT2D eigenvalue weighted by atomic mass is 19.4. The maximum atomic E-state index is 13.0. The molecule has 3 N–H and O–H groups in total. The molecule has 0 radical (unpaired) electrons. The number of alkyl halides is 3. The fraction of sp³-hybridized carbons (Fsp3) is 0.875. The van der Waals surface area contributed by atoms with Gasteiger partial charge in [0.25, 0.3) is 0 Å². The minimum atomic E-state index is -4.47. The van der Waals surface area contributed by atoms with Crippen molar-refractivity contribution in [3.05, 3.63) is 11.6 Å². The molecule has 0 amide bonds. The SMILES string of the molecule is CC1NC(N[C@@H]2CCOC2)C(C)C(N2CCn3c(nnc3C(F)(F)F)C2)N1. The van der Waals surface area contributed by atoms with Crippen LogP contribution in [0.3, 0.4) is 0 Å². The maximum Gasteiger partial charge on any atom is 0.451 e. The van der Waals surface area contributed by atoms with Crippen molar-refractivity contribution in [1.82, 2.24) is 35.6 Å². The Morgan fingerprint density at radius 2 is 2.00 bits per heavy atom. The van der Waals surface area contributed by atoms with Gasteiger partial charge < -0.3 is 9.30 Å². The van der Waals surface area contributed by atoms with Crippen LogP contribution in [0.5, 0.6) is 0 Å². The van der Waals surface area contributed by atoms with E-state index in [4.69, 9.17) is 4.74 Å². The minimum Gasteiger partial charge on any atom is -0.380 e. The van der Waals surface area contributed by atoms with Gasteiger partial charge in [-0.25, -0.2) is 0 Å². The van der Waals surface area contributed by atoms with Crippen LogP contribution >= 0.6 is 0 Å². The molecule has 4 rings (SSSR count). The second-order valence-corrected chi connectivity index (χ2v) is 7.62. The molecular formula is C16H26F3N7O.